The number of fused-ring (bicyclic) bond motifs is 1. The smallest absolute Gasteiger partial charge is 0.255 e. The predicted molar refractivity (Wildman–Crippen MR) is 125 cm³/mol. The maximum atomic E-state index is 12.7. The number of aromatic nitrogens is 1. The van der Waals surface area contributed by atoms with Crippen molar-refractivity contribution in [3.8, 4) is 11.6 Å². The van der Waals surface area contributed by atoms with Crippen LogP contribution in [0.25, 0.3) is 0 Å². The number of carbonyl (C=O) groups is 3. The predicted octanol–water partition coefficient (Wildman–Crippen LogP) is 3.69. The minimum Gasteiger partial charge on any atom is -0.439 e. The van der Waals surface area contributed by atoms with E-state index in [2.05, 4.69) is 16.9 Å². The number of hydrogen-bond acceptors (Lipinski definition) is 5. The zero-order chi connectivity index (χ0) is 23.4. The van der Waals surface area contributed by atoms with Crippen LogP contribution in [0.5, 0.6) is 11.6 Å². The molecule has 2 heterocycles. The number of primary amides is 1. The molecule has 1 aliphatic rings. The lowest BCUT2D eigenvalue weighted by Crippen LogP contribution is -2.34. The molecule has 3 aromatic rings. The molecule has 0 aliphatic carbocycles. The molecule has 1 aliphatic heterocycles. The lowest BCUT2D eigenvalue weighted by molar-refractivity contribution is -0.114. The zero-order valence-corrected chi connectivity index (χ0v) is 17.8. The molecule has 166 valence electrons. The van der Waals surface area contributed by atoms with E-state index in [1.807, 2.05) is 6.07 Å². The summed E-state index contributed by atoms with van der Waals surface area (Å²) in [5.74, 6) is -0.254. The summed E-state index contributed by atoms with van der Waals surface area (Å²) in [6.45, 7) is 4.19. The molecule has 0 bridgehead atoms. The Bertz CT molecular complexity index is 1240. The Hall–Kier alpha value is -4.46. The number of amides is 3. The highest BCUT2D eigenvalue weighted by molar-refractivity contribution is 6.06. The van der Waals surface area contributed by atoms with Gasteiger partial charge in [0.1, 0.15) is 5.75 Å². The molecule has 2 aromatic carbocycles. The molecule has 0 radical (unpaired) electrons. The highest BCUT2D eigenvalue weighted by atomic mass is 16.5. The minimum atomic E-state index is -0.548. The van der Waals surface area contributed by atoms with Gasteiger partial charge in [-0.3, -0.25) is 14.4 Å². The van der Waals surface area contributed by atoms with Crippen molar-refractivity contribution in [3.63, 3.8) is 0 Å². The van der Waals surface area contributed by atoms with Crippen molar-refractivity contribution in [2.24, 2.45) is 5.73 Å². The van der Waals surface area contributed by atoms with Gasteiger partial charge in [-0.05, 0) is 66.9 Å². The fourth-order valence-corrected chi connectivity index (χ4v) is 3.63. The van der Waals surface area contributed by atoms with E-state index in [9.17, 15) is 14.4 Å². The zero-order valence-electron chi connectivity index (χ0n) is 17.8. The number of aryl methyl sites for hydroxylation is 1. The molecule has 0 atom stereocenters. The fourth-order valence-electron chi connectivity index (χ4n) is 3.63. The number of nitrogens with two attached hydrogens (primary N) is 1. The number of rotatable bonds is 6. The molecule has 0 saturated carbocycles. The Morgan fingerprint density at radius 2 is 1.94 bits per heavy atom. The van der Waals surface area contributed by atoms with Crippen LogP contribution in [-0.2, 0) is 11.2 Å². The van der Waals surface area contributed by atoms with Gasteiger partial charge >= 0.3 is 0 Å². The number of benzene rings is 2. The molecular formula is C25H22N4O4. The van der Waals surface area contributed by atoms with Crippen LogP contribution in [0.4, 0.5) is 11.4 Å². The van der Waals surface area contributed by atoms with Crippen molar-refractivity contribution in [1.82, 2.24) is 4.98 Å². The first kappa shape index (κ1) is 21.8. The quantitative estimate of drug-likeness (QED) is 0.565. The summed E-state index contributed by atoms with van der Waals surface area (Å²) in [5, 5.41) is 2.81. The third-order valence-electron chi connectivity index (χ3n) is 5.24. The van der Waals surface area contributed by atoms with Crippen molar-refractivity contribution >= 4 is 29.1 Å². The second kappa shape index (κ2) is 9.35. The van der Waals surface area contributed by atoms with Crippen molar-refractivity contribution in [2.75, 3.05) is 16.8 Å². The molecule has 0 unspecified atom stereocenters. The number of hydrogen-bond donors (Lipinski definition) is 2. The summed E-state index contributed by atoms with van der Waals surface area (Å²) in [6, 6.07) is 15.0. The van der Waals surface area contributed by atoms with Crippen molar-refractivity contribution in [3.05, 3.63) is 90.1 Å². The summed E-state index contributed by atoms with van der Waals surface area (Å²) in [7, 11) is 0. The summed E-state index contributed by atoms with van der Waals surface area (Å²) in [4.78, 5) is 42.0. The van der Waals surface area contributed by atoms with Crippen LogP contribution in [0.1, 0.15) is 32.7 Å². The van der Waals surface area contributed by atoms with E-state index >= 15 is 0 Å². The molecular weight excluding hydrogens is 420 g/mol. The van der Waals surface area contributed by atoms with Gasteiger partial charge < -0.3 is 20.7 Å². The van der Waals surface area contributed by atoms with Crippen molar-refractivity contribution < 1.29 is 19.1 Å². The Morgan fingerprint density at radius 1 is 1.09 bits per heavy atom. The van der Waals surface area contributed by atoms with Gasteiger partial charge in [0, 0.05) is 29.4 Å². The van der Waals surface area contributed by atoms with Crippen molar-refractivity contribution in [2.45, 2.75) is 12.8 Å². The van der Waals surface area contributed by atoms with Gasteiger partial charge in [0.2, 0.25) is 17.7 Å². The number of anilines is 2. The van der Waals surface area contributed by atoms with Crippen LogP contribution < -0.4 is 20.7 Å². The molecule has 0 fully saturated rings. The van der Waals surface area contributed by atoms with Crippen LogP contribution in [0.3, 0.4) is 0 Å². The van der Waals surface area contributed by atoms with Gasteiger partial charge in [0.25, 0.3) is 5.91 Å². The van der Waals surface area contributed by atoms with E-state index in [0.717, 1.165) is 24.1 Å². The van der Waals surface area contributed by atoms with E-state index < -0.39 is 5.91 Å². The maximum Gasteiger partial charge on any atom is 0.255 e. The highest BCUT2D eigenvalue weighted by Crippen LogP contribution is 2.29. The lowest BCUT2D eigenvalue weighted by Gasteiger charge is -2.28. The Labute approximate surface area is 190 Å². The summed E-state index contributed by atoms with van der Waals surface area (Å²) in [5.41, 5.74) is 8.36. The lowest BCUT2D eigenvalue weighted by atomic mass is 9.98. The number of nitrogens with one attached hydrogen (secondary N) is 1. The molecule has 33 heavy (non-hydrogen) atoms. The number of pyridine rings is 1. The SMILES string of the molecule is C=CC(=O)N1CCCc2cc(C(=O)Nc3ccc(Oc4cccc(C(N)=O)c4)nc3)ccc21. The third-order valence-corrected chi connectivity index (χ3v) is 5.24. The van der Waals surface area contributed by atoms with Crippen LogP contribution in [0.2, 0.25) is 0 Å². The monoisotopic (exact) mass is 442 g/mol. The molecule has 4 rings (SSSR count). The van der Waals surface area contributed by atoms with Gasteiger partial charge in [-0.15, -0.1) is 0 Å². The minimum absolute atomic E-state index is 0.150. The number of nitrogens with zero attached hydrogens (tertiary/aromatic N) is 2. The van der Waals surface area contributed by atoms with Crippen LogP contribution >= 0.6 is 0 Å². The second-order valence-corrected chi connectivity index (χ2v) is 7.47. The van der Waals surface area contributed by atoms with E-state index in [-0.39, 0.29) is 11.8 Å². The molecule has 8 nitrogen and oxygen atoms in total. The largest absolute Gasteiger partial charge is 0.439 e. The third kappa shape index (κ3) is 4.90. The summed E-state index contributed by atoms with van der Waals surface area (Å²) < 4.78 is 5.64. The Balaban J connectivity index is 1.44. The average Bonchev–Trinajstić information content (AvgIpc) is 2.84. The van der Waals surface area contributed by atoms with Gasteiger partial charge in [-0.2, -0.15) is 0 Å². The number of ether oxygens (including phenoxy) is 1. The van der Waals surface area contributed by atoms with Gasteiger partial charge in [-0.25, -0.2) is 4.98 Å². The fraction of sp³-hybridized carbons (Fsp3) is 0.120. The first-order chi connectivity index (χ1) is 15.9. The Kier molecular flexibility index (Phi) is 6.17. The maximum absolute atomic E-state index is 12.7. The van der Waals surface area contributed by atoms with Crippen LogP contribution in [0, 0.1) is 0 Å². The molecule has 0 spiro atoms. The first-order valence-electron chi connectivity index (χ1n) is 10.4. The molecule has 3 N–H and O–H groups in total. The molecule has 1 aromatic heterocycles. The normalized spacial score (nSPS) is 12.4. The molecule has 8 heteroatoms. The van der Waals surface area contributed by atoms with E-state index in [1.165, 1.54) is 18.3 Å². The van der Waals surface area contributed by atoms with Crippen molar-refractivity contribution in [1.29, 1.82) is 0 Å². The highest BCUT2D eigenvalue weighted by Gasteiger charge is 2.22. The molecule has 3 amide bonds. The number of carbonyl (C=O) groups excluding carboxylic acids is 3. The van der Waals surface area contributed by atoms with Crippen LogP contribution in [-0.4, -0.2) is 29.3 Å². The summed E-state index contributed by atoms with van der Waals surface area (Å²) >= 11 is 0. The van der Waals surface area contributed by atoms with Gasteiger partial charge in [0.15, 0.2) is 0 Å². The van der Waals surface area contributed by atoms with E-state index in [1.54, 1.807) is 47.4 Å². The van der Waals surface area contributed by atoms with Gasteiger partial charge in [-0.1, -0.05) is 12.6 Å². The van der Waals surface area contributed by atoms with E-state index in [0.29, 0.717) is 35.0 Å². The standard InChI is InChI=1S/C25H22N4O4/c1-2-23(30)29-12-4-6-16-13-18(8-10-21(16)29)25(32)28-19-9-11-22(27-15-19)33-20-7-3-5-17(14-20)24(26)31/h2-3,5,7-11,13-15H,1,4,6,12H2,(H2,26,31)(H,28,32). The van der Waals surface area contributed by atoms with Gasteiger partial charge in [0.05, 0.1) is 11.9 Å². The second-order valence-electron chi connectivity index (χ2n) is 7.47. The van der Waals surface area contributed by atoms with Crippen LogP contribution in [0.15, 0.2) is 73.4 Å². The Morgan fingerprint density at radius 3 is 2.67 bits per heavy atom. The van der Waals surface area contributed by atoms with E-state index in [4.69, 9.17) is 10.5 Å². The average molecular weight is 442 g/mol. The first-order valence-corrected chi connectivity index (χ1v) is 10.4. The summed E-state index contributed by atoms with van der Waals surface area (Å²) in [6.07, 6.45) is 4.39. The topological polar surface area (TPSA) is 115 Å². The molecule has 0 saturated heterocycles.